The molecule has 14 heteroatoms. The molecular weight excluding hydrogens is 1040 g/mol. The summed E-state index contributed by atoms with van der Waals surface area (Å²) in [7, 11) is 0. The Labute approximate surface area is 496 Å². The normalized spacial score (nSPS) is 24.6. The molecule has 0 saturated carbocycles. The molecule has 1 amide bonds. The summed E-state index contributed by atoms with van der Waals surface area (Å²) in [5, 5.41) is 87.3. The first-order chi connectivity index (χ1) is 40.1. The van der Waals surface area contributed by atoms with Crippen molar-refractivity contribution in [2.75, 3.05) is 19.8 Å². The van der Waals surface area contributed by atoms with Crippen LogP contribution >= 0.6 is 0 Å². The number of hydrogen-bond donors (Lipinski definition) is 9. The lowest BCUT2D eigenvalue weighted by Crippen LogP contribution is -2.65. The zero-order chi connectivity index (χ0) is 59.5. The van der Waals surface area contributed by atoms with Crippen molar-refractivity contribution in [1.29, 1.82) is 0 Å². The number of nitrogens with one attached hydrogen (secondary N) is 1. The van der Waals surface area contributed by atoms with Gasteiger partial charge in [0, 0.05) is 6.42 Å². The van der Waals surface area contributed by atoms with Gasteiger partial charge in [0.15, 0.2) is 12.6 Å². The Morgan fingerprint density at radius 3 is 1.29 bits per heavy atom. The van der Waals surface area contributed by atoms with Crippen LogP contribution in [-0.4, -0.2) is 140 Å². The van der Waals surface area contributed by atoms with Gasteiger partial charge in [0.1, 0.15) is 48.8 Å². The summed E-state index contributed by atoms with van der Waals surface area (Å²) in [4.78, 5) is 13.3. The van der Waals surface area contributed by atoms with Crippen molar-refractivity contribution in [3.8, 4) is 0 Å². The summed E-state index contributed by atoms with van der Waals surface area (Å²) in [5.41, 5.74) is 0. The van der Waals surface area contributed by atoms with Gasteiger partial charge in [-0.3, -0.25) is 4.79 Å². The predicted octanol–water partition coefficient (Wildman–Crippen LogP) is 12.2. The molecule has 2 saturated heterocycles. The molecule has 12 atom stereocenters. The van der Waals surface area contributed by atoms with Crippen LogP contribution in [0, 0.1) is 0 Å². The van der Waals surface area contributed by atoms with Crippen LogP contribution in [-0.2, 0) is 23.7 Å². The van der Waals surface area contributed by atoms with Crippen LogP contribution in [0.3, 0.4) is 0 Å². The number of ether oxygens (including phenoxy) is 4. The Hall–Kier alpha value is -3.09. The molecule has 2 aliphatic heterocycles. The van der Waals surface area contributed by atoms with Crippen molar-refractivity contribution in [2.45, 2.75) is 306 Å². The number of amides is 1. The molecule has 0 aromatic rings. The van der Waals surface area contributed by atoms with Gasteiger partial charge in [-0.1, -0.05) is 246 Å². The number of aliphatic hydroxyl groups excluding tert-OH is 8. The van der Waals surface area contributed by atoms with Crippen LogP contribution in [0.4, 0.5) is 0 Å². The van der Waals surface area contributed by atoms with Crippen molar-refractivity contribution in [3.63, 3.8) is 0 Å². The minimum absolute atomic E-state index is 0.236. The SMILES string of the molecule is CC/C=C\C/C=C\C/C=C\C/C=C\C/C=C\C/C=C\C/C=C\CCCCCC(=O)NC(COC1OC(CO)C(OC2OC(CO)C(O)C(O)C2O)C(O)C1O)C(O)/C=C/CCCCCCCCCCCCCCCCCCCCCCC. The van der Waals surface area contributed by atoms with E-state index in [-0.39, 0.29) is 18.9 Å². The van der Waals surface area contributed by atoms with Gasteiger partial charge in [0.05, 0.1) is 32.0 Å². The van der Waals surface area contributed by atoms with Crippen molar-refractivity contribution in [1.82, 2.24) is 5.32 Å². The summed E-state index contributed by atoms with van der Waals surface area (Å²) in [5.74, 6) is -0.273. The Kier molecular flexibility index (Phi) is 47.8. The highest BCUT2D eigenvalue weighted by atomic mass is 16.7. The van der Waals surface area contributed by atoms with E-state index >= 15 is 0 Å². The van der Waals surface area contributed by atoms with Gasteiger partial charge < -0.3 is 65.1 Å². The minimum atomic E-state index is -1.80. The lowest BCUT2D eigenvalue weighted by Gasteiger charge is -2.46. The molecule has 2 heterocycles. The molecule has 82 heavy (non-hydrogen) atoms. The number of hydrogen-bond acceptors (Lipinski definition) is 13. The van der Waals surface area contributed by atoms with Crippen LogP contribution < -0.4 is 5.32 Å². The van der Waals surface area contributed by atoms with Crippen molar-refractivity contribution in [2.24, 2.45) is 0 Å². The van der Waals surface area contributed by atoms with E-state index in [9.17, 15) is 45.6 Å². The van der Waals surface area contributed by atoms with Gasteiger partial charge in [-0.2, -0.15) is 0 Å². The van der Waals surface area contributed by atoms with Crippen molar-refractivity contribution >= 4 is 5.91 Å². The van der Waals surface area contributed by atoms with Gasteiger partial charge in [0.25, 0.3) is 0 Å². The lowest BCUT2D eigenvalue weighted by atomic mass is 9.97. The summed E-state index contributed by atoms with van der Waals surface area (Å²) in [6, 6.07) is -0.941. The first-order valence-electron chi connectivity index (χ1n) is 32.5. The zero-order valence-corrected chi connectivity index (χ0v) is 50.9. The third kappa shape index (κ3) is 36.7. The van der Waals surface area contributed by atoms with Gasteiger partial charge in [0.2, 0.25) is 5.91 Å². The first kappa shape index (κ1) is 75.0. The first-order valence-corrected chi connectivity index (χ1v) is 32.5. The van der Waals surface area contributed by atoms with Crippen LogP contribution in [0.15, 0.2) is 97.2 Å². The molecule has 9 N–H and O–H groups in total. The standard InChI is InChI=1S/C68H117NO13/c1-3-5-7-9-11-13-15-17-19-21-23-25-27-28-30-32-34-36-38-40-42-44-46-48-50-52-60(73)69-56(55-79-67-65(78)63(76)66(59(54-71)81-67)82-68-64(77)62(75)61(74)58(53-70)80-68)57(72)51-49-47-45-43-41-39-37-35-33-31-29-26-24-22-20-18-16-14-12-10-8-6-4-2/h5,7,11,13,17,19,23,25,28,30,34,36,40,42,49,51,56-59,61-68,70-72,74-78H,3-4,6,8-10,12,14-16,18,20-22,24,26-27,29,31-33,35,37-39,41,43-48,50,52-55H2,1-2H3,(H,69,73)/b7-5-,13-11-,19-17-,25-23-,30-28-,36-34-,42-40-,51-49+. The quantitative estimate of drug-likeness (QED) is 0.0204. The second-order valence-electron chi connectivity index (χ2n) is 22.5. The number of carbonyl (C=O) groups excluding carboxylic acids is 1. The van der Waals surface area contributed by atoms with E-state index < -0.39 is 86.8 Å². The number of carbonyl (C=O) groups is 1. The molecule has 14 nitrogen and oxygen atoms in total. The largest absolute Gasteiger partial charge is 0.394 e. The highest BCUT2D eigenvalue weighted by molar-refractivity contribution is 5.76. The summed E-state index contributed by atoms with van der Waals surface area (Å²) < 4.78 is 22.8. The number of rotatable bonds is 51. The molecule has 0 bridgehead atoms. The second-order valence-corrected chi connectivity index (χ2v) is 22.5. The van der Waals surface area contributed by atoms with Crippen LogP contribution in [0.2, 0.25) is 0 Å². The van der Waals surface area contributed by atoms with E-state index in [1.54, 1.807) is 6.08 Å². The highest BCUT2D eigenvalue weighted by Gasteiger charge is 2.51. The number of aliphatic hydroxyl groups is 8. The maximum Gasteiger partial charge on any atom is 0.220 e. The molecule has 0 spiro atoms. The molecule has 2 aliphatic rings. The van der Waals surface area contributed by atoms with Gasteiger partial charge in [-0.15, -0.1) is 0 Å². The Bertz CT molecular complexity index is 1740. The molecule has 2 fully saturated rings. The Morgan fingerprint density at radius 1 is 0.451 bits per heavy atom. The molecule has 12 unspecified atom stereocenters. The second kappa shape index (κ2) is 52.3. The smallest absolute Gasteiger partial charge is 0.220 e. The average Bonchev–Trinajstić information content (AvgIpc) is 3.56. The number of unbranched alkanes of at least 4 members (excludes halogenated alkanes) is 24. The van der Waals surface area contributed by atoms with E-state index in [0.717, 1.165) is 83.5 Å². The van der Waals surface area contributed by atoms with Crippen molar-refractivity contribution < 1.29 is 64.6 Å². The Morgan fingerprint density at radius 2 is 0.841 bits per heavy atom. The van der Waals surface area contributed by atoms with Gasteiger partial charge >= 0.3 is 0 Å². The average molecular weight is 1160 g/mol. The summed E-state index contributed by atoms with van der Waals surface area (Å²) >= 11 is 0. The topological polar surface area (TPSA) is 228 Å². The predicted molar refractivity (Wildman–Crippen MR) is 332 cm³/mol. The van der Waals surface area contributed by atoms with E-state index in [1.165, 1.54) is 122 Å². The maximum atomic E-state index is 13.3. The third-order valence-electron chi connectivity index (χ3n) is 15.3. The highest BCUT2D eigenvalue weighted by Crippen LogP contribution is 2.30. The minimum Gasteiger partial charge on any atom is -0.394 e. The van der Waals surface area contributed by atoms with Crippen molar-refractivity contribution in [3.05, 3.63) is 97.2 Å². The van der Waals surface area contributed by atoms with E-state index in [2.05, 4.69) is 104 Å². The van der Waals surface area contributed by atoms with Crippen LogP contribution in [0.1, 0.15) is 232 Å². The van der Waals surface area contributed by atoms with Crippen LogP contribution in [0.25, 0.3) is 0 Å². The van der Waals surface area contributed by atoms with Gasteiger partial charge in [-0.05, 0) is 77.0 Å². The molecule has 0 radical (unpaired) electrons. The monoisotopic (exact) mass is 1160 g/mol. The number of allylic oxidation sites excluding steroid dienone is 15. The molecule has 0 aliphatic carbocycles. The Balaban J connectivity index is 1.76. The molecule has 472 valence electrons. The summed E-state index contributed by atoms with van der Waals surface area (Å²) in [6.07, 6.45) is 55.8. The fourth-order valence-corrected chi connectivity index (χ4v) is 10.1. The fraction of sp³-hybridized carbons (Fsp3) is 0.750. The van der Waals surface area contributed by atoms with Gasteiger partial charge in [-0.25, -0.2) is 0 Å². The fourth-order valence-electron chi connectivity index (χ4n) is 10.1. The third-order valence-corrected chi connectivity index (χ3v) is 15.3. The molecule has 0 aromatic heterocycles. The van der Waals surface area contributed by atoms with E-state index in [1.807, 2.05) is 6.08 Å². The van der Waals surface area contributed by atoms with E-state index in [0.29, 0.717) is 6.42 Å². The van der Waals surface area contributed by atoms with Crippen LogP contribution in [0.5, 0.6) is 0 Å². The molecular formula is C68H117NO13. The molecule has 2 rings (SSSR count). The summed E-state index contributed by atoms with van der Waals surface area (Å²) in [6.45, 7) is 2.67. The zero-order valence-electron chi connectivity index (χ0n) is 50.9. The molecule has 0 aromatic carbocycles. The lowest BCUT2D eigenvalue weighted by molar-refractivity contribution is -0.359. The maximum absolute atomic E-state index is 13.3. The van der Waals surface area contributed by atoms with E-state index in [4.69, 9.17) is 18.9 Å².